The molecule has 0 heterocycles. The Morgan fingerprint density at radius 1 is 1.19 bits per heavy atom. The number of hydrogen-bond donors (Lipinski definition) is 1. The van der Waals surface area contributed by atoms with Crippen LogP contribution in [0.4, 0.5) is 11.4 Å². The van der Waals surface area contributed by atoms with Crippen LogP contribution in [-0.2, 0) is 0 Å². The maximum absolute atomic E-state index is 10.9. The second-order valence-corrected chi connectivity index (χ2v) is 6.35. The number of rotatable bonds is 5. The number of non-ortho nitro benzene ring substituents is 1. The summed E-state index contributed by atoms with van der Waals surface area (Å²) in [4.78, 5) is 10.5. The molecule has 4 nitrogen and oxygen atoms in total. The number of benzene rings is 2. The molecule has 0 amide bonds. The van der Waals surface area contributed by atoms with E-state index in [1.54, 1.807) is 12.1 Å². The summed E-state index contributed by atoms with van der Waals surface area (Å²) in [6.45, 7) is 2.07. The minimum atomic E-state index is -0.391. The van der Waals surface area contributed by atoms with Gasteiger partial charge in [0.1, 0.15) is 0 Å². The smallest absolute Gasteiger partial charge is 0.271 e. The Morgan fingerprint density at radius 3 is 2.43 bits per heavy atom. The fraction of sp³-hybridized carbons (Fsp3) is 0.200. The summed E-state index contributed by atoms with van der Waals surface area (Å²) < 4.78 is 1.83. The summed E-state index contributed by atoms with van der Waals surface area (Å²) in [7, 11) is 0. The van der Waals surface area contributed by atoms with Gasteiger partial charge in [-0.15, -0.1) is 0 Å². The van der Waals surface area contributed by atoms with E-state index in [-0.39, 0.29) is 11.7 Å². The number of nitro groups is 1. The summed E-state index contributed by atoms with van der Waals surface area (Å²) in [5.74, 6) is 0. The second-order valence-electron chi connectivity index (χ2n) is 4.58. The van der Waals surface area contributed by atoms with Gasteiger partial charge in [0.2, 0.25) is 0 Å². The third-order valence-electron chi connectivity index (χ3n) is 3.17. The lowest BCUT2D eigenvalue weighted by Crippen LogP contribution is -2.10. The highest BCUT2D eigenvalue weighted by atomic mass is 79.9. The molecule has 0 saturated heterocycles. The molecule has 1 unspecified atom stereocenters. The Hall–Kier alpha value is -1.40. The molecule has 0 radical (unpaired) electrons. The van der Waals surface area contributed by atoms with Gasteiger partial charge in [0.05, 0.1) is 16.7 Å². The topological polar surface area (TPSA) is 55.2 Å². The Bertz CT molecular complexity index is 645. The fourth-order valence-corrected chi connectivity index (χ4v) is 2.67. The molecule has 0 aliphatic rings. The van der Waals surface area contributed by atoms with Gasteiger partial charge in [-0.3, -0.25) is 10.1 Å². The Kier molecular flexibility index (Phi) is 5.36. The normalized spacial score (nSPS) is 12.0. The van der Waals surface area contributed by atoms with E-state index >= 15 is 0 Å². The van der Waals surface area contributed by atoms with Crippen molar-refractivity contribution in [3.05, 3.63) is 67.1 Å². The van der Waals surface area contributed by atoms with E-state index in [1.165, 1.54) is 6.07 Å². The predicted octanol–water partition coefficient (Wildman–Crippen LogP) is 5.68. The zero-order chi connectivity index (χ0) is 15.4. The fourth-order valence-electron chi connectivity index (χ4n) is 2.04. The van der Waals surface area contributed by atoms with Crippen molar-refractivity contribution in [2.45, 2.75) is 19.4 Å². The van der Waals surface area contributed by atoms with E-state index in [9.17, 15) is 10.1 Å². The van der Waals surface area contributed by atoms with Crippen LogP contribution in [0.25, 0.3) is 0 Å². The van der Waals surface area contributed by atoms with Gasteiger partial charge in [0.15, 0.2) is 0 Å². The molecule has 0 saturated carbocycles. The Morgan fingerprint density at radius 2 is 1.86 bits per heavy atom. The van der Waals surface area contributed by atoms with Gasteiger partial charge in [-0.1, -0.05) is 35.0 Å². The monoisotopic (exact) mass is 412 g/mol. The molecule has 6 heteroatoms. The highest BCUT2D eigenvalue weighted by Gasteiger charge is 2.14. The average molecular weight is 414 g/mol. The standard InChI is InChI=1S/C15H14Br2N2O2/c1-2-14(10-3-5-11(16)6-4-10)18-15-9-12(19(20)21)7-8-13(15)17/h3-9,14,18H,2H2,1H3. The summed E-state index contributed by atoms with van der Waals surface area (Å²) >= 11 is 6.85. The number of anilines is 1. The molecule has 2 aromatic carbocycles. The first-order valence-corrected chi connectivity index (χ1v) is 8.05. The zero-order valence-corrected chi connectivity index (χ0v) is 14.5. The maximum Gasteiger partial charge on any atom is 0.271 e. The van der Waals surface area contributed by atoms with Crippen LogP contribution in [0.3, 0.4) is 0 Å². The largest absolute Gasteiger partial charge is 0.377 e. The van der Waals surface area contributed by atoms with Gasteiger partial charge >= 0.3 is 0 Å². The first-order chi connectivity index (χ1) is 10.0. The zero-order valence-electron chi connectivity index (χ0n) is 11.3. The lowest BCUT2D eigenvalue weighted by Gasteiger charge is -2.19. The maximum atomic E-state index is 10.9. The second kappa shape index (κ2) is 7.04. The van der Waals surface area contributed by atoms with Crippen LogP contribution >= 0.6 is 31.9 Å². The van der Waals surface area contributed by atoms with Crippen LogP contribution in [0.1, 0.15) is 24.9 Å². The summed E-state index contributed by atoms with van der Waals surface area (Å²) in [5.41, 5.74) is 1.93. The molecule has 2 aromatic rings. The molecule has 0 aliphatic carbocycles. The van der Waals surface area contributed by atoms with Gasteiger partial charge in [0.25, 0.3) is 5.69 Å². The number of nitrogens with zero attached hydrogens (tertiary/aromatic N) is 1. The Labute approximate surface area is 140 Å². The Balaban J connectivity index is 2.28. The third-order valence-corrected chi connectivity index (χ3v) is 4.39. The van der Waals surface area contributed by atoms with Crippen LogP contribution in [0.5, 0.6) is 0 Å². The van der Waals surface area contributed by atoms with Gasteiger partial charge in [-0.2, -0.15) is 0 Å². The quantitative estimate of drug-likeness (QED) is 0.506. The van der Waals surface area contributed by atoms with Crippen LogP contribution in [0.15, 0.2) is 51.4 Å². The van der Waals surface area contributed by atoms with E-state index in [1.807, 2.05) is 24.3 Å². The van der Waals surface area contributed by atoms with Crippen LogP contribution < -0.4 is 5.32 Å². The van der Waals surface area contributed by atoms with Gasteiger partial charge in [0, 0.05) is 21.1 Å². The van der Waals surface area contributed by atoms with E-state index in [2.05, 4.69) is 44.1 Å². The number of nitrogens with one attached hydrogen (secondary N) is 1. The number of nitro benzene ring substituents is 1. The van der Waals surface area contributed by atoms with E-state index in [4.69, 9.17) is 0 Å². The first-order valence-electron chi connectivity index (χ1n) is 6.47. The van der Waals surface area contributed by atoms with E-state index < -0.39 is 4.92 Å². The van der Waals surface area contributed by atoms with Gasteiger partial charge in [-0.05, 0) is 46.1 Å². The van der Waals surface area contributed by atoms with Crippen molar-refractivity contribution in [1.82, 2.24) is 0 Å². The predicted molar refractivity (Wildman–Crippen MR) is 91.6 cm³/mol. The number of halogens is 2. The number of hydrogen-bond acceptors (Lipinski definition) is 3. The highest BCUT2D eigenvalue weighted by molar-refractivity contribution is 9.10. The molecule has 0 bridgehead atoms. The SMILES string of the molecule is CCC(Nc1cc([N+](=O)[O-])ccc1Br)c1ccc(Br)cc1. The molecule has 0 fully saturated rings. The van der Waals surface area contributed by atoms with Crippen LogP contribution in [-0.4, -0.2) is 4.92 Å². The molecule has 0 aromatic heterocycles. The molecule has 0 spiro atoms. The molecule has 1 N–H and O–H groups in total. The first kappa shape index (κ1) is 16.0. The molecule has 1 atom stereocenters. The van der Waals surface area contributed by atoms with Gasteiger partial charge in [-0.25, -0.2) is 0 Å². The van der Waals surface area contributed by atoms with Crippen molar-refractivity contribution in [2.75, 3.05) is 5.32 Å². The van der Waals surface area contributed by atoms with Crippen molar-refractivity contribution < 1.29 is 4.92 Å². The third kappa shape index (κ3) is 4.04. The molecular weight excluding hydrogens is 400 g/mol. The molecule has 110 valence electrons. The van der Waals surface area contributed by atoms with Crippen molar-refractivity contribution in [3.63, 3.8) is 0 Å². The molecule has 0 aliphatic heterocycles. The lowest BCUT2D eigenvalue weighted by molar-refractivity contribution is -0.384. The molecule has 21 heavy (non-hydrogen) atoms. The van der Waals surface area contributed by atoms with Gasteiger partial charge < -0.3 is 5.32 Å². The molecule has 2 rings (SSSR count). The lowest BCUT2D eigenvalue weighted by atomic mass is 10.0. The summed E-state index contributed by atoms with van der Waals surface area (Å²) in [5, 5.41) is 14.2. The average Bonchev–Trinajstić information content (AvgIpc) is 2.47. The summed E-state index contributed by atoms with van der Waals surface area (Å²) in [6, 6.07) is 12.9. The van der Waals surface area contributed by atoms with Crippen molar-refractivity contribution in [2.24, 2.45) is 0 Å². The molecular formula is C15H14Br2N2O2. The highest BCUT2D eigenvalue weighted by Crippen LogP contribution is 2.31. The van der Waals surface area contributed by atoms with E-state index in [0.29, 0.717) is 0 Å². The van der Waals surface area contributed by atoms with Crippen molar-refractivity contribution in [1.29, 1.82) is 0 Å². The summed E-state index contributed by atoms with van der Waals surface area (Å²) in [6.07, 6.45) is 0.872. The van der Waals surface area contributed by atoms with E-state index in [0.717, 1.165) is 26.6 Å². The van der Waals surface area contributed by atoms with Crippen LogP contribution in [0, 0.1) is 10.1 Å². The minimum Gasteiger partial charge on any atom is -0.377 e. The van der Waals surface area contributed by atoms with Crippen molar-refractivity contribution in [3.8, 4) is 0 Å². The minimum absolute atomic E-state index is 0.0753. The van der Waals surface area contributed by atoms with Crippen molar-refractivity contribution >= 4 is 43.2 Å². The van der Waals surface area contributed by atoms with Crippen LogP contribution in [0.2, 0.25) is 0 Å².